The molecular formula is C23H18ClN3O2. The SMILES string of the molecule is O=C(c1ccccc1)c1cc(Cl)ccc1-n1c(CO)nnc1Cc1ccccc1. The fourth-order valence-electron chi connectivity index (χ4n) is 3.26. The van der Waals surface area contributed by atoms with Gasteiger partial charge in [-0.05, 0) is 23.8 Å². The first-order valence-corrected chi connectivity index (χ1v) is 9.53. The Hall–Kier alpha value is -3.28. The Morgan fingerprint density at radius 2 is 1.55 bits per heavy atom. The van der Waals surface area contributed by atoms with Gasteiger partial charge in [0.05, 0.1) is 5.69 Å². The van der Waals surface area contributed by atoms with Gasteiger partial charge in [-0.3, -0.25) is 9.36 Å². The van der Waals surface area contributed by atoms with Crippen molar-refractivity contribution in [3.63, 3.8) is 0 Å². The largest absolute Gasteiger partial charge is 0.388 e. The number of carbonyl (C=O) groups is 1. The minimum atomic E-state index is -0.302. The molecule has 0 fully saturated rings. The second-order valence-electron chi connectivity index (χ2n) is 6.54. The average Bonchev–Trinajstić information content (AvgIpc) is 3.17. The molecule has 4 aromatic rings. The highest BCUT2D eigenvalue weighted by Crippen LogP contribution is 2.26. The molecule has 0 saturated heterocycles. The predicted molar refractivity (Wildman–Crippen MR) is 111 cm³/mol. The number of ketones is 1. The second kappa shape index (κ2) is 8.39. The molecule has 4 rings (SSSR count). The van der Waals surface area contributed by atoms with E-state index in [1.165, 1.54) is 0 Å². The number of aliphatic hydroxyl groups is 1. The number of carbonyl (C=O) groups excluding carboxylic acids is 1. The molecule has 3 aromatic carbocycles. The van der Waals surface area contributed by atoms with E-state index in [2.05, 4.69) is 10.2 Å². The number of halogens is 1. The molecule has 0 amide bonds. The van der Waals surface area contributed by atoms with Gasteiger partial charge in [0.2, 0.25) is 0 Å². The van der Waals surface area contributed by atoms with Gasteiger partial charge < -0.3 is 5.11 Å². The van der Waals surface area contributed by atoms with Crippen LogP contribution in [0.4, 0.5) is 0 Å². The highest BCUT2D eigenvalue weighted by molar-refractivity contribution is 6.31. The van der Waals surface area contributed by atoms with Crippen molar-refractivity contribution in [3.8, 4) is 5.69 Å². The van der Waals surface area contributed by atoms with E-state index in [1.54, 1.807) is 34.9 Å². The summed E-state index contributed by atoms with van der Waals surface area (Å²) in [6.07, 6.45) is 0.509. The van der Waals surface area contributed by atoms with Gasteiger partial charge in [-0.15, -0.1) is 10.2 Å². The topological polar surface area (TPSA) is 68.0 Å². The third-order valence-corrected chi connectivity index (χ3v) is 4.86. The maximum Gasteiger partial charge on any atom is 0.195 e. The molecule has 0 unspecified atom stereocenters. The van der Waals surface area contributed by atoms with E-state index in [-0.39, 0.29) is 12.4 Å². The quantitative estimate of drug-likeness (QED) is 0.489. The molecule has 1 aromatic heterocycles. The normalized spacial score (nSPS) is 10.8. The second-order valence-corrected chi connectivity index (χ2v) is 6.98. The Morgan fingerprint density at radius 1 is 0.897 bits per heavy atom. The van der Waals surface area contributed by atoms with E-state index in [1.807, 2.05) is 48.5 Å². The Balaban J connectivity index is 1.85. The molecule has 29 heavy (non-hydrogen) atoms. The van der Waals surface area contributed by atoms with Crippen molar-refractivity contribution >= 4 is 17.4 Å². The van der Waals surface area contributed by atoms with Crippen LogP contribution in [0.25, 0.3) is 5.69 Å². The first-order chi connectivity index (χ1) is 14.2. The lowest BCUT2D eigenvalue weighted by Crippen LogP contribution is -2.12. The number of aliphatic hydroxyl groups excluding tert-OH is 1. The lowest BCUT2D eigenvalue weighted by molar-refractivity contribution is 0.103. The van der Waals surface area contributed by atoms with Crippen LogP contribution in [0.2, 0.25) is 5.02 Å². The summed E-state index contributed by atoms with van der Waals surface area (Å²) < 4.78 is 1.74. The molecule has 1 N–H and O–H groups in total. The first-order valence-electron chi connectivity index (χ1n) is 9.15. The molecule has 0 aliphatic heterocycles. The molecule has 1 heterocycles. The summed E-state index contributed by atoms with van der Waals surface area (Å²) in [6.45, 7) is -0.302. The van der Waals surface area contributed by atoms with Crippen molar-refractivity contribution in [2.45, 2.75) is 13.0 Å². The van der Waals surface area contributed by atoms with Gasteiger partial charge in [-0.2, -0.15) is 0 Å². The van der Waals surface area contributed by atoms with Crippen LogP contribution in [-0.4, -0.2) is 25.7 Å². The zero-order valence-electron chi connectivity index (χ0n) is 15.5. The molecular weight excluding hydrogens is 386 g/mol. The molecule has 0 spiro atoms. The third kappa shape index (κ3) is 3.97. The van der Waals surface area contributed by atoms with Crippen molar-refractivity contribution in [3.05, 3.63) is 112 Å². The van der Waals surface area contributed by atoms with Crippen LogP contribution < -0.4 is 0 Å². The van der Waals surface area contributed by atoms with Crippen LogP contribution in [0, 0.1) is 0 Å². The number of nitrogens with zero attached hydrogens (tertiary/aromatic N) is 3. The van der Waals surface area contributed by atoms with Crippen LogP contribution in [0.1, 0.15) is 33.1 Å². The first kappa shape index (κ1) is 19.1. The zero-order valence-corrected chi connectivity index (χ0v) is 16.3. The van der Waals surface area contributed by atoms with Crippen molar-refractivity contribution in [2.75, 3.05) is 0 Å². The minimum absolute atomic E-state index is 0.161. The highest BCUT2D eigenvalue weighted by Gasteiger charge is 2.21. The minimum Gasteiger partial charge on any atom is -0.388 e. The van der Waals surface area contributed by atoms with Crippen molar-refractivity contribution in [2.24, 2.45) is 0 Å². The van der Waals surface area contributed by atoms with E-state index in [0.717, 1.165) is 5.56 Å². The van der Waals surface area contributed by atoms with Gasteiger partial charge in [-0.25, -0.2) is 0 Å². The third-order valence-electron chi connectivity index (χ3n) is 4.62. The number of benzene rings is 3. The number of aromatic nitrogens is 3. The summed E-state index contributed by atoms with van der Waals surface area (Å²) >= 11 is 6.21. The maximum atomic E-state index is 13.2. The fraction of sp³-hybridized carbons (Fsp3) is 0.0870. The predicted octanol–water partition coefficient (Wildman–Crippen LogP) is 4.23. The van der Waals surface area contributed by atoms with Gasteiger partial charge in [0, 0.05) is 22.6 Å². The Kier molecular flexibility index (Phi) is 5.51. The molecule has 0 bridgehead atoms. The molecule has 144 valence electrons. The molecule has 0 aliphatic rings. The Morgan fingerprint density at radius 3 is 2.24 bits per heavy atom. The van der Waals surface area contributed by atoms with Crippen molar-refractivity contribution in [1.82, 2.24) is 14.8 Å². The van der Waals surface area contributed by atoms with E-state index >= 15 is 0 Å². The standard InChI is InChI=1S/C23H18ClN3O2/c24-18-11-12-20(19(14-18)23(29)17-9-5-2-6-10-17)27-21(25-26-22(27)15-28)13-16-7-3-1-4-8-16/h1-12,14,28H,13,15H2. The Labute approximate surface area is 173 Å². The zero-order chi connectivity index (χ0) is 20.2. The van der Waals surface area contributed by atoms with Gasteiger partial charge in [0.25, 0.3) is 0 Å². The molecule has 0 saturated carbocycles. The average molecular weight is 404 g/mol. The van der Waals surface area contributed by atoms with Crippen LogP contribution in [-0.2, 0) is 13.0 Å². The van der Waals surface area contributed by atoms with E-state index < -0.39 is 0 Å². The number of hydrogen-bond donors (Lipinski definition) is 1. The number of rotatable bonds is 6. The fourth-order valence-corrected chi connectivity index (χ4v) is 3.43. The van der Waals surface area contributed by atoms with E-state index in [0.29, 0.717) is 39.9 Å². The Bertz CT molecular complexity index is 1140. The van der Waals surface area contributed by atoms with Crippen LogP contribution in [0.3, 0.4) is 0 Å². The smallest absolute Gasteiger partial charge is 0.195 e. The molecule has 0 atom stereocenters. The molecule has 0 radical (unpaired) electrons. The summed E-state index contributed by atoms with van der Waals surface area (Å²) in [5, 5.41) is 18.7. The van der Waals surface area contributed by atoms with E-state index in [9.17, 15) is 9.90 Å². The van der Waals surface area contributed by atoms with Gasteiger partial charge in [-0.1, -0.05) is 72.3 Å². The van der Waals surface area contributed by atoms with Crippen LogP contribution in [0.15, 0.2) is 78.9 Å². The van der Waals surface area contributed by atoms with Gasteiger partial charge in [0.1, 0.15) is 12.4 Å². The summed E-state index contributed by atoms with van der Waals surface area (Å²) in [5.74, 6) is 0.830. The monoisotopic (exact) mass is 403 g/mol. The number of hydrogen-bond acceptors (Lipinski definition) is 4. The molecule has 5 nitrogen and oxygen atoms in total. The summed E-state index contributed by atoms with van der Waals surface area (Å²) in [6, 6.07) is 24.0. The molecule has 6 heteroatoms. The highest BCUT2D eigenvalue weighted by atomic mass is 35.5. The summed E-state index contributed by atoms with van der Waals surface area (Å²) in [7, 11) is 0. The molecule has 0 aliphatic carbocycles. The lowest BCUT2D eigenvalue weighted by Gasteiger charge is -2.14. The van der Waals surface area contributed by atoms with Crippen molar-refractivity contribution < 1.29 is 9.90 Å². The summed E-state index contributed by atoms with van der Waals surface area (Å²) in [4.78, 5) is 13.2. The van der Waals surface area contributed by atoms with Crippen LogP contribution >= 0.6 is 11.6 Å². The maximum absolute atomic E-state index is 13.2. The van der Waals surface area contributed by atoms with E-state index in [4.69, 9.17) is 11.6 Å². The van der Waals surface area contributed by atoms with Crippen molar-refractivity contribution in [1.29, 1.82) is 0 Å². The lowest BCUT2D eigenvalue weighted by atomic mass is 10.0. The van der Waals surface area contributed by atoms with Crippen LogP contribution in [0.5, 0.6) is 0 Å². The van der Waals surface area contributed by atoms with Gasteiger partial charge >= 0.3 is 0 Å². The summed E-state index contributed by atoms with van der Waals surface area (Å²) in [5.41, 5.74) is 2.62. The van der Waals surface area contributed by atoms with Gasteiger partial charge in [0.15, 0.2) is 11.6 Å².